The van der Waals surface area contributed by atoms with Gasteiger partial charge in [0.25, 0.3) is 5.91 Å². The Balaban J connectivity index is 1.74. The van der Waals surface area contributed by atoms with Crippen LogP contribution in [0.3, 0.4) is 0 Å². The topological polar surface area (TPSA) is 86.7 Å². The van der Waals surface area contributed by atoms with E-state index in [1.807, 2.05) is 30.5 Å². The van der Waals surface area contributed by atoms with Gasteiger partial charge in [0.15, 0.2) is 0 Å². The van der Waals surface area contributed by atoms with E-state index in [2.05, 4.69) is 5.32 Å². The Morgan fingerprint density at radius 3 is 2.58 bits per heavy atom. The Kier molecular flexibility index (Phi) is 4.54. The number of hydrogen-bond donors (Lipinski definition) is 2. The van der Waals surface area contributed by atoms with E-state index < -0.39 is 17.4 Å². The van der Waals surface area contributed by atoms with E-state index in [9.17, 15) is 19.5 Å². The van der Waals surface area contributed by atoms with Crippen LogP contribution in [0.1, 0.15) is 29.6 Å². The van der Waals surface area contributed by atoms with Crippen LogP contribution < -0.4 is 5.32 Å². The number of carboxylic acids is 1. The first-order chi connectivity index (χ1) is 11.5. The number of carbonyl (C=O) groups is 3. The molecule has 1 spiro atoms. The normalized spacial score (nSPS) is 22.5. The van der Waals surface area contributed by atoms with Gasteiger partial charge < -0.3 is 15.3 Å². The summed E-state index contributed by atoms with van der Waals surface area (Å²) < 4.78 is 0. The number of benzene rings is 1. The lowest BCUT2D eigenvalue weighted by atomic mass is 9.77. The fourth-order valence-corrected chi connectivity index (χ4v) is 4.28. The van der Waals surface area contributed by atoms with Crippen molar-refractivity contribution in [3.8, 4) is 0 Å². The Bertz CT molecular complexity index is 683. The van der Waals surface area contributed by atoms with Crippen molar-refractivity contribution < 1.29 is 19.5 Å². The molecule has 1 aromatic carbocycles. The molecule has 2 aliphatic rings. The fourth-order valence-electron chi connectivity index (χ4n) is 3.69. The van der Waals surface area contributed by atoms with Gasteiger partial charge in [0.05, 0.1) is 17.0 Å². The summed E-state index contributed by atoms with van der Waals surface area (Å²) in [7, 11) is 0. The molecule has 0 bridgehead atoms. The molecule has 2 amide bonds. The SMILES string of the molecule is CSc1ccccc1C(=O)N1CCC2(CC1)NC(=O)CC2C(=O)O. The van der Waals surface area contributed by atoms with Gasteiger partial charge in [-0.3, -0.25) is 14.4 Å². The quantitative estimate of drug-likeness (QED) is 0.811. The molecule has 24 heavy (non-hydrogen) atoms. The Labute approximate surface area is 144 Å². The summed E-state index contributed by atoms with van der Waals surface area (Å²) in [5, 5.41) is 12.3. The first-order valence-corrected chi connectivity index (χ1v) is 9.15. The van der Waals surface area contributed by atoms with Crippen LogP contribution in [0.15, 0.2) is 29.2 Å². The minimum atomic E-state index is -0.944. The van der Waals surface area contributed by atoms with Crippen molar-refractivity contribution >= 4 is 29.5 Å². The zero-order chi connectivity index (χ0) is 17.3. The summed E-state index contributed by atoms with van der Waals surface area (Å²) in [6.45, 7) is 0.900. The van der Waals surface area contributed by atoms with Crippen molar-refractivity contribution in [2.24, 2.45) is 5.92 Å². The number of likely N-dealkylation sites (tertiary alicyclic amines) is 1. The second kappa shape index (κ2) is 6.47. The van der Waals surface area contributed by atoms with E-state index in [0.717, 1.165) is 4.90 Å². The summed E-state index contributed by atoms with van der Waals surface area (Å²) in [6.07, 6.45) is 2.91. The molecule has 2 aliphatic heterocycles. The first kappa shape index (κ1) is 16.8. The van der Waals surface area contributed by atoms with Gasteiger partial charge in [0.2, 0.25) is 5.91 Å². The van der Waals surface area contributed by atoms with Crippen molar-refractivity contribution in [2.45, 2.75) is 29.7 Å². The van der Waals surface area contributed by atoms with Gasteiger partial charge in [-0.25, -0.2) is 0 Å². The number of rotatable bonds is 3. The molecule has 3 rings (SSSR count). The summed E-state index contributed by atoms with van der Waals surface area (Å²) in [5.41, 5.74) is -0.0372. The third-order valence-corrected chi connectivity index (χ3v) is 5.82. The number of carboxylic acid groups (broad SMARTS) is 1. The highest BCUT2D eigenvalue weighted by Gasteiger charge is 2.52. The van der Waals surface area contributed by atoms with Crippen LogP contribution in [0.2, 0.25) is 0 Å². The lowest BCUT2D eigenvalue weighted by Crippen LogP contribution is -2.56. The van der Waals surface area contributed by atoms with Gasteiger partial charge >= 0.3 is 5.97 Å². The first-order valence-electron chi connectivity index (χ1n) is 7.93. The van der Waals surface area contributed by atoms with Gasteiger partial charge in [-0.1, -0.05) is 12.1 Å². The van der Waals surface area contributed by atoms with Crippen LogP contribution in [0, 0.1) is 5.92 Å². The summed E-state index contributed by atoms with van der Waals surface area (Å²) >= 11 is 1.53. The van der Waals surface area contributed by atoms with Crippen LogP contribution in [0.4, 0.5) is 0 Å². The highest BCUT2D eigenvalue weighted by Crippen LogP contribution is 2.37. The van der Waals surface area contributed by atoms with Gasteiger partial charge in [-0.2, -0.15) is 0 Å². The maximum Gasteiger partial charge on any atom is 0.309 e. The largest absolute Gasteiger partial charge is 0.481 e. The van der Waals surface area contributed by atoms with Gasteiger partial charge in [-0.15, -0.1) is 11.8 Å². The smallest absolute Gasteiger partial charge is 0.309 e. The van der Waals surface area contributed by atoms with E-state index in [0.29, 0.717) is 31.5 Å². The molecule has 0 radical (unpaired) electrons. The van der Waals surface area contributed by atoms with E-state index in [-0.39, 0.29) is 18.2 Å². The predicted molar refractivity (Wildman–Crippen MR) is 90.0 cm³/mol. The van der Waals surface area contributed by atoms with E-state index >= 15 is 0 Å². The zero-order valence-electron chi connectivity index (χ0n) is 13.4. The Morgan fingerprint density at radius 1 is 1.29 bits per heavy atom. The molecule has 0 aliphatic carbocycles. The van der Waals surface area contributed by atoms with Crippen LogP contribution >= 0.6 is 11.8 Å². The molecule has 7 heteroatoms. The molecular weight excluding hydrogens is 328 g/mol. The van der Waals surface area contributed by atoms with Crippen LogP contribution in [-0.2, 0) is 9.59 Å². The molecule has 6 nitrogen and oxygen atoms in total. The number of nitrogens with one attached hydrogen (secondary N) is 1. The number of piperidine rings is 1. The molecule has 0 aromatic heterocycles. The van der Waals surface area contributed by atoms with Crippen molar-refractivity contribution in [3.63, 3.8) is 0 Å². The lowest BCUT2D eigenvalue weighted by molar-refractivity contribution is -0.144. The summed E-state index contributed by atoms with van der Waals surface area (Å²) in [4.78, 5) is 38.6. The van der Waals surface area contributed by atoms with Crippen LogP contribution in [0.25, 0.3) is 0 Å². The van der Waals surface area contributed by atoms with Gasteiger partial charge in [-0.05, 0) is 31.2 Å². The lowest BCUT2D eigenvalue weighted by Gasteiger charge is -2.41. The summed E-state index contributed by atoms with van der Waals surface area (Å²) in [6, 6.07) is 7.48. The van der Waals surface area contributed by atoms with E-state index in [1.165, 1.54) is 11.8 Å². The van der Waals surface area contributed by atoms with Crippen molar-refractivity contribution in [2.75, 3.05) is 19.3 Å². The van der Waals surface area contributed by atoms with Crippen LogP contribution in [-0.4, -0.2) is 52.7 Å². The molecule has 1 aromatic rings. The zero-order valence-corrected chi connectivity index (χ0v) is 14.3. The molecule has 128 valence electrons. The molecule has 2 saturated heterocycles. The number of amides is 2. The van der Waals surface area contributed by atoms with Crippen molar-refractivity contribution in [1.82, 2.24) is 10.2 Å². The van der Waals surface area contributed by atoms with Crippen molar-refractivity contribution in [1.29, 1.82) is 0 Å². The van der Waals surface area contributed by atoms with E-state index in [4.69, 9.17) is 0 Å². The maximum absolute atomic E-state index is 12.8. The highest BCUT2D eigenvalue weighted by molar-refractivity contribution is 7.98. The fraction of sp³-hybridized carbons (Fsp3) is 0.471. The van der Waals surface area contributed by atoms with Crippen molar-refractivity contribution in [3.05, 3.63) is 29.8 Å². The number of carbonyl (C=O) groups excluding carboxylic acids is 2. The third-order valence-electron chi connectivity index (χ3n) is 5.02. The number of nitrogens with zero attached hydrogens (tertiary/aromatic N) is 1. The Morgan fingerprint density at radius 2 is 1.96 bits per heavy atom. The number of aliphatic carboxylic acids is 1. The molecule has 2 N–H and O–H groups in total. The Hall–Kier alpha value is -2.02. The minimum absolute atomic E-state index is 0.0264. The molecule has 2 heterocycles. The molecule has 0 saturated carbocycles. The molecule has 2 fully saturated rings. The molecule has 1 atom stereocenters. The highest BCUT2D eigenvalue weighted by atomic mass is 32.2. The van der Waals surface area contributed by atoms with E-state index in [1.54, 1.807) is 4.90 Å². The second-order valence-electron chi connectivity index (χ2n) is 6.29. The van der Waals surface area contributed by atoms with Gasteiger partial charge in [0.1, 0.15) is 0 Å². The third kappa shape index (κ3) is 2.88. The summed E-state index contributed by atoms with van der Waals surface area (Å²) in [5.74, 6) is -1.90. The number of hydrogen-bond acceptors (Lipinski definition) is 4. The van der Waals surface area contributed by atoms with Crippen LogP contribution in [0.5, 0.6) is 0 Å². The standard InChI is InChI=1S/C17H20N2O4S/c1-24-13-5-3-2-4-11(13)15(21)19-8-6-17(7-9-19)12(16(22)23)10-14(20)18-17/h2-5,12H,6-10H2,1H3,(H,18,20)(H,22,23). The molecular formula is C17H20N2O4S. The molecule has 1 unspecified atom stereocenters. The predicted octanol–water partition coefficient (Wildman–Crippen LogP) is 1.60. The maximum atomic E-state index is 12.8. The minimum Gasteiger partial charge on any atom is -0.481 e. The van der Waals surface area contributed by atoms with Gasteiger partial charge in [0, 0.05) is 24.4 Å². The monoisotopic (exact) mass is 348 g/mol. The second-order valence-corrected chi connectivity index (χ2v) is 7.14. The average Bonchev–Trinajstić information content (AvgIpc) is 2.91. The number of thioether (sulfide) groups is 1. The average molecular weight is 348 g/mol.